The molecule has 0 aliphatic heterocycles. The van der Waals surface area contributed by atoms with Gasteiger partial charge in [0.05, 0.1) is 13.5 Å². The molecule has 98 valence electrons. The number of aromatic hydroxyl groups is 1. The highest BCUT2D eigenvalue weighted by molar-refractivity contribution is 5.83. The average molecular weight is 251 g/mol. The summed E-state index contributed by atoms with van der Waals surface area (Å²) in [6, 6.07) is 6.65. The normalized spacial score (nSPS) is 9.89. The number of hydrogen-bond acceptors (Lipinski definition) is 4. The third kappa shape index (κ3) is 3.76. The number of para-hydroxylation sites is 1. The molecular formula is C13H17NO4. The van der Waals surface area contributed by atoms with E-state index in [0.717, 1.165) is 0 Å². The van der Waals surface area contributed by atoms with Gasteiger partial charge in [-0.2, -0.15) is 0 Å². The van der Waals surface area contributed by atoms with Gasteiger partial charge >= 0.3 is 5.97 Å². The van der Waals surface area contributed by atoms with Crippen molar-refractivity contribution in [3.8, 4) is 5.75 Å². The third-order valence-corrected chi connectivity index (χ3v) is 2.62. The van der Waals surface area contributed by atoms with Crippen LogP contribution in [-0.4, -0.2) is 42.1 Å². The van der Waals surface area contributed by atoms with Gasteiger partial charge in [-0.15, -0.1) is 0 Å². The highest BCUT2D eigenvalue weighted by Crippen LogP contribution is 2.16. The molecular weight excluding hydrogens is 234 g/mol. The Balaban J connectivity index is 2.68. The van der Waals surface area contributed by atoms with Crippen LogP contribution in [0.3, 0.4) is 0 Å². The van der Waals surface area contributed by atoms with Gasteiger partial charge in [0, 0.05) is 12.1 Å². The summed E-state index contributed by atoms with van der Waals surface area (Å²) in [5.74, 6) is -0.591. The minimum absolute atomic E-state index is 0.0670. The molecule has 1 amide bonds. The first-order chi connectivity index (χ1) is 8.58. The first-order valence-electron chi connectivity index (χ1n) is 5.70. The van der Waals surface area contributed by atoms with Crippen LogP contribution in [0.1, 0.15) is 12.5 Å². The van der Waals surface area contributed by atoms with E-state index < -0.39 is 5.97 Å². The highest BCUT2D eigenvalue weighted by Gasteiger charge is 2.17. The monoisotopic (exact) mass is 251 g/mol. The zero-order valence-corrected chi connectivity index (χ0v) is 10.5. The van der Waals surface area contributed by atoms with Gasteiger partial charge in [-0.05, 0) is 13.0 Å². The van der Waals surface area contributed by atoms with Gasteiger partial charge in [0.1, 0.15) is 12.3 Å². The number of carbonyl (C=O) groups is 2. The summed E-state index contributed by atoms with van der Waals surface area (Å²) in [6.45, 7) is 2.13. The molecule has 0 spiro atoms. The molecule has 1 rings (SSSR count). The molecule has 0 radical (unpaired) electrons. The van der Waals surface area contributed by atoms with Gasteiger partial charge < -0.3 is 14.7 Å². The van der Waals surface area contributed by atoms with Crippen LogP contribution in [0.15, 0.2) is 24.3 Å². The predicted molar refractivity (Wildman–Crippen MR) is 66.1 cm³/mol. The maximum absolute atomic E-state index is 12.0. The lowest BCUT2D eigenvalue weighted by Gasteiger charge is -2.19. The molecule has 0 aliphatic rings. The van der Waals surface area contributed by atoms with Crippen LogP contribution in [0.5, 0.6) is 5.75 Å². The van der Waals surface area contributed by atoms with Gasteiger partial charge in [0.15, 0.2) is 0 Å². The molecule has 0 aromatic heterocycles. The van der Waals surface area contributed by atoms with Crippen molar-refractivity contribution in [1.29, 1.82) is 0 Å². The van der Waals surface area contributed by atoms with E-state index in [1.807, 2.05) is 0 Å². The van der Waals surface area contributed by atoms with E-state index in [-0.39, 0.29) is 24.6 Å². The number of phenols is 1. The quantitative estimate of drug-likeness (QED) is 0.791. The molecule has 1 aromatic carbocycles. The van der Waals surface area contributed by atoms with Crippen LogP contribution in [0.4, 0.5) is 0 Å². The summed E-state index contributed by atoms with van der Waals surface area (Å²) in [6.07, 6.45) is 0.0670. The number of methoxy groups -OCH3 is 1. The Hall–Kier alpha value is -2.04. The van der Waals surface area contributed by atoms with Crippen molar-refractivity contribution in [2.24, 2.45) is 0 Å². The number of benzene rings is 1. The van der Waals surface area contributed by atoms with E-state index in [0.29, 0.717) is 12.1 Å². The number of rotatable bonds is 5. The van der Waals surface area contributed by atoms with Gasteiger partial charge in [0.25, 0.3) is 0 Å². The molecule has 0 aliphatic carbocycles. The second kappa shape index (κ2) is 6.64. The van der Waals surface area contributed by atoms with Crippen molar-refractivity contribution in [2.45, 2.75) is 13.3 Å². The van der Waals surface area contributed by atoms with E-state index in [2.05, 4.69) is 4.74 Å². The minimum atomic E-state index is -0.456. The number of carbonyl (C=O) groups excluding carboxylic acids is 2. The molecule has 0 heterocycles. The molecule has 5 nitrogen and oxygen atoms in total. The largest absolute Gasteiger partial charge is 0.508 e. The molecule has 1 aromatic rings. The Kier molecular flexibility index (Phi) is 5.17. The van der Waals surface area contributed by atoms with Crippen LogP contribution in [0.2, 0.25) is 0 Å². The Bertz CT molecular complexity index is 431. The van der Waals surface area contributed by atoms with Crippen LogP contribution < -0.4 is 0 Å². The number of esters is 1. The van der Waals surface area contributed by atoms with Crippen LogP contribution in [-0.2, 0) is 20.7 Å². The number of ether oxygens (including phenoxy) is 1. The lowest BCUT2D eigenvalue weighted by molar-refractivity contribution is -0.146. The van der Waals surface area contributed by atoms with Gasteiger partial charge in [-0.3, -0.25) is 9.59 Å². The second-order valence-corrected chi connectivity index (χ2v) is 3.79. The van der Waals surface area contributed by atoms with Crippen molar-refractivity contribution in [2.75, 3.05) is 20.2 Å². The van der Waals surface area contributed by atoms with Crippen LogP contribution in [0.25, 0.3) is 0 Å². The maximum Gasteiger partial charge on any atom is 0.325 e. The lowest BCUT2D eigenvalue weighted by Crippen LogP contribution is -2.37. The number of hydrogen-bond donors (Lipinski definition) is 1. The van der Waals surface area contributed by atoms with Gasteiger partial charge in [-0.25, -0.2) is 0 Å². The van der Waals surface area contributed by atoms with Crippen molar-refractivity contribution >= 4 is 11.9 Å². The Morgan fingerprint density at radius 1 is 1.33 bits per heavy atom. The zero-order valence-electron chi connectivity index (χ0n) is 10.5. The fourth-order valence-corrected chi connectivity index (χ4v) is 1.53. The van der Waals surface area contributed by atoms with E-state index in [1.54, 1.807) is 25.1 Å². The Labute approximate surface area is 106 Å². The summed E-state index contributed by atoms with van der Waals surface area (Å²) in [5, 5.41) is 9.58. The number of nitrogens with zero attached hydrogens (tertiary/aromatic N) is 1. The Morgan fingerprint density at radius 2 is 2.00 bits per heavy atom. The summed E-state index contributed by atoms with van der Waals surface area (Å²) >= 11 is 0. The third-order valence-electron chi connectivity index (χ3n) is 2.62. The standard InChI is InChI=1S/C13H17NO4/c1-3-14(9-13(17)18-2)12(16)8-10-6-4-5-7-11(10)15/h4-7,15H,3,8-9H2,1-2H3. The van der Waals surface area contributed by atoms with Crippen molar-refractivity contribution in [3.63, 3.8) is 0 Å². The minimum Gasteiger partial charge on any atom is -0.508 e. The summed E-state index contributed by atoms with van der Waals surface area (Å²) in [7, 11) is 1.28. The molecule has 1 N–H and O–H groups in total. The Morgan fingerprint density at radius 3 is 2.56 bits per heavy atom. The maximum atomic E-state index is 12.0. The topological polar surface area (TPSA) is 66.8 Å². The fourth-order valence-electron chi connectivity index (χ4n) is 1.53. The molecule has 5 heteroatoms. The van der Waals surface area contributed by atoms with Gasteiger partial charge in [-0.1, -0.05) is 18.2 Å². The molecule has 18 heavy (non-hydrogen) atoms. The molecule has 0 saturated carbocycles. The first kappa shape index (κ1) is 14.0. The fraction of sp³-hybridized carbons (Fsp3) is 0.385. The summed E-state index contributed by atoms with van der Waals surface area (Å²) < 4.78 is 4.52. The van der Waals surface area contributed by atoms with E-state index in [1.165, 1.54) is 18.1 Å². The van der Waals surface area contributed by atoms with Crippen molar-refractivity contribution in [1.82, 2.24) is 4.90 Å². The number of amides is 1. The molecule has 0 fully saturated rings. The van der Waals surface area contributed by atoms with E-state index in [4.69, 9.17) is 0 Å². The zero-order chi connectivity index (χ0) is 13.5. The van der Waals surface area contributed by atoms with Crippen molar-refractivity contribution in [3.05, 3.63) is 29.8 Å². The highest BCUT2D eigenvalue weighted by atomic mass is 16.5. The smallest absolute Gasteiger partial charge is 0.325 e. The predicted octanol–water partition coefficient (Wildman–Crippen LogP) is 0.956. The molecule has 0 unspecified atom stereocenters. The lowest BCUT2D eigenvalue weighted by atomic mass is 10.1. The number of likely N-dealkylation sites (N-methyl/N-ethyl adjacent to an activating group) is 1. The summed E-state index contributed by atoms with van der Waals surface area (Å²) in [4.78, 5) is 24.5. The number of phenolic OH excluding ortho intramolecular Hbond substituents is 1. The second-order valence-electron chi connectivity index (χ2n) is 3.79. The average Bonchev–Trinajstić information content (AvgIpc) is 2.38. The van der Waals surface area contributed by atoms with Crippen LogP contribution in [0, 0.1) is 0 Å². The molecule has 0 bridgehead atoms. The SMILES string of the molecule is CCN(CC(=O)OC)C(=O)Cc1ccccc1O. The van der Waals surface area contributed by atoms with E-state index in [9.17, 15) is 14.7 Å². The molecule has 0 saturated heterocycles. The summed E-state index contributed by atoms with van der Waals surface area (Å²) in [5.41, 5.74) is 0.547. The van der Waals surface area contributed by atoms with E-state index >= 15 is 0 Å². The van der Waals surface area contributed by atoms with Gasteiger partial charge in [0.2, 0.25) is 5.91 Å². The van der Waals surface area contributed by atoms with Crippen molar-refractivity contribution < 1.29 is 19.4 Å². The molecule has 0 atom stereocenters. The van der Waals surface area contributed by atoms with Crippen LogP contribution >= 0.6 is 0 Å². The first-order valence-corrected chi connectivity index (χ1v) is 5.70.